The molecule has 0 radical (unpaired) electrons. The van der Waals surface area contributed by atoms with E-state index in [1.165, 1.54) is 6.26 Å². The largest absolute Gasteiger partial charge is 0.384 e. The van der Waals surface area contributed by atoms with Crippen molar-refractivity contribution in [1.82, 2.24) is 0 Å². The lowest BCUT2D eigenvalue weighted by atomic mass is 10.1. The molecule has 1 aromatic carbocycles. The first kappa shape index (κ1) is 12.4. The van der Waals surface area contributed by atoms with Crippen LogP contribution < -0.4 is 5.32 Å². The molecule has 17 heavy (non-hydrogen) atoms. The van der Waals surface area contributed by atoms with Crippen LogP contribution in [0.25, 0.3) is 0 Å². The fourth-order valence-electron chi connectivity index (χ4n) is 1.93. The number of nitrogens with one attached hydrogen (secondary N) is 1. The zero-order valence-electron chi connectivity index (χ0n) is 9.85. The molecule has 1 heterocycles. The Morgan fingerprint density at radius 1 is 1.41 bits per heavy atom. The van der Waals surface area contributed by atoms with Gasteiger partial charge in [0.25, 0.3) is 0 Å². The average molecular weight is 255 g/mol. The summed E-state index contributed by atoms with van der Waals surface area (Å²) in [6.45, 7) is 2.32. The van der Waals surface area contributed by atoms with Crippen LogP contribution in [0.15, 0.2) is 29.2 Å². The van der Waals surface area contributed by atoms with Crippen LogP contribution in [0.4, 0.5) is 5.69 Å². The van der Waals surface area contributed by atoms with Crippen molar-refractivity contribution in [1.29, 1.82) is 0 Å². The second-order valence-electron chi connectivity index (χ2n) is 4.38. The van der Waals surface area contributed by atoms with Gasteiger partial charge in [-0.2, -0.15) is 0 Å². The van der Waals surface area contributed by atoms with Crippen molar-refractivity contribution in [2.24, 2.45) is 5.92 Å². The van der Waals surface area contributed by atoms with Gasteiger partial charge in [0.15, 0.2) is 9.84 Å². The molecule has 1 atom stereocenters. The second-order valence-corrected chi connectivity index (χ2v) is 6.36. The molecule has 4 nitrogen and oxygen atoms in total. The van der Waals surface area contributed by atoms with Crippen LogP contribution in [0, 0.1) is 5.92 Å². The van der Waals surface area contributed by atoms with E-state index in [-0.39, 0.29) is 0 Å². The minimum absolute atomic E-state index is 0.360. The molecule has 1 aliphatic rings. The van der Waals surface area contributed by atoms with Gasteiger partial charge in [-0.25, -0.2) is 8.42 Å². The van der Waals surface area contributed by atoms with Crippen LogP contribution in [-0.2, 0) is 14.6 Å². The monoisotopic (exact) mass is 255 g/mol. The summed E-state index contributed by atoms with van der Waals surface area (Å²) >= 11 is 0. The summed E-state index contributed by atoms with van der Waals surface area (Å²) in [6.07, 6.45) is 2.26. The first-order chi connectivity index (χ1) is 8.07. The first-order valence-corrected chi connectivity index (χ1v) is 7.57. The maximum atomic E-state index is 11.6. The number of ether oxygens (including phenoxy) is 1. The Bertz CT molecular complexity index is 478. The highest BCUT2D eigenvalue weighted by molar-refractivity contribution is 7.90. The van der Waals surface area contributed by atoms with Crippen LogP contribution in [-0.4, -0.2) is 34.4 Å². The molecule has 1 N–H and O–H groups in total. The van der Waals surface area contributed by atoms with E-state index in [0.29, 0.717) is 16.5 Å². The van der Waals surface area contributed by atoms with E-state index in [1.807, 2.05) is 6.07 Å². The Balaban J connectivity index is 2.09. The predicted octanol–water partition coefficient (Wildman–Crippen LogP) is 1.54. The second kappa shape index (κ2) is 5.06. The third-order valence-corrected chi connectivity index (χ3v) is 4.05. The molecule has 0 bridgehead atoms. The average Bonchev–Trinajstić information content (AvgIpc) is 2.78. The van der Waals surface area contributed by atoms with Gasteiger partial charge in [-0.3, -0.25) is 0 Å². The van der Waals surface area contributed by atoms with Crippen LogP contribution in [0.3, 0.4) is 0 Å². The van der Waals surface area contributed by atoms with E-state index in [2.05, 4.69) is 5.32 Å². The lowest BCUT2D eigenvalue weighted by Crippen LogP contribution is -2.15. The van der Waals surface area contributed by atoms with Crippen molar-refractivity contribution in [2.45, 2.75) is 11.3 Å². The van der Waals surface area contributed by atoms with E-state index >= 15 is 0 Å². The smallest absolute Gasteiger partial charge is 0.177 e. The molecular formula is C12H17NO3S. The summed E-state index contributed by atoms with van der Waals surface area (Å²) in [5, 5.41) is 3.20. The third kappa shape index (κ3) is 3.20. The predicted molar refractivity (Wildman–Crippen MR) is 67.0 cm³/mol. The summed E-state index contributed by atoms with van der Waals surface area (Å²) in [4.78, 5) is 0.360. The van der Waals surface area contributed by atoms with Crippen LogP contribution >= 0.6 is 0 Å². The molecule has 1 fully saturated rings. The van der Waals surface area contributed by atoms with Crippen molar-refractivity contribution in [2.75, 3.05) is 31.3 Å². The normalized spacial score (nSPS) is 20.4. The Morgan fingerprint density at radius 2 is 2.18 bits per heavy atom. The van der Waals surface area contributed by atoms with Crippen molar-refractivity contribution in [3.05, 3.63) is 24.3 Å². The van der Waals surface area contributed by atoms with Gasteiger partial charge in [-0.05, 0) is 18.6 Å². The lowest BCUT2D eigenvalue weighted by Gasteiger charge is -2.13. The molecule has 2 rings (SSSR count). The van der Waals surface area contributed by atoms with E-state index < -0.39 is 9.84 Å². The van der Waals surface area contributed by atoms with Gasteiger partial charge in [-0.15, -0.1) is 0 Å². The zero-order valence-corrected chi connectivity index (χ0v) is 10.7. The van der Waals surface area contributed by atoms with Crippen LogP contribution in [0.5, 0.6) is 0 Å². The Kier molecular flexibility index (Phi) is 3.69. The minimum atomic E-state index is -3.17. The molecular weight excluding hydrogens is 238 g/mol. The van der Waals surface area contributed by atoms with Crippen LogP contribution in [0.2, 0.25) is 0 Å². The number of para-hydroxylation sites is 1. The third-order valence-electron chi connectivity index (χ3n) is 2.89. The maximum absolute atomic E-state index is 11.6. The highest BCUT2D eigenvalue weighted by atomic mass is 32.2. The van der Waals surface area contributed by atoms with Gasteiger partial charge in [0.05, 0.1) is 17.2 Å². The number of hydrogen-bond acceptors (Lipinski definition) is 4. The number of sulfone groups is 1. The SMILES string of the molecule is CS(=O)(=O)c1ccccc1NCC1CCOC1. The molecule has 1 aromatic rings. The molecule has 0 spiro atoms. The highest BCUT2D eigenvalue weighted by Crippen LogP contribution is 2.22. The molecule has 1 unspecified atom stereocenters. The van der Waals surface area contributed by atoms with Crippen LogP contribution in [0.1, 0.15) is 6.42 Å². The van der Waals surface area contributed by atoms with Crippen molar-refractivity contribution in [3.8, 4) is 0 Å². The van der Waals surface area contributed by atoms with Gasteiger partial charge in [0.1, 0.15) is 0 Å². The molecule has 94 valence electrons. The van der Waals surface area contributed by atoms with Gasteiger partial charge < -0.3 is 10.1 Å². The van der Waals surface area contributed by atoms with Gasteiger partial charge >= 0.3 is 0 Å². The molecule has 0 amide bonds. The number of benzene rings is 1. The summed E-state index contributed by atoms with van der Waals surface area (Å²) in [5.41, 5.74) is 0.682. The van der Waals surface area contributed by atoms with Crippen molar-refractivity contribution >= 4 is 15.5 Å². The van der Waals surface area contributed by atoms with Gasteiger partial charge in [0, 0.05) is 25.3 Å². The summed E-state index contributed by atoms with van der Waals surface area (Å²) in [5.74, 6) is 0.475. The van der Waals surface area contributed by atoms with Gasteiger partial charge in [-0.1, -0.05) is 12.1 Å². The number of hydrogen-bond donors (Lipinski definition) is 1. The summed E-state index contributed by atoms with van der Waals surface area (Å²) < 4.78 is 28.5. The molecule has 0 aliphatic carbocycles. The summed E-state index contributed by atoms with van der Waals surface area (Å²) in [6, 6.07) is 7.00. The Labute approximate surface area is 102 Å². The zero-order chi connectivity index (χ0) is 12.3. The number of anilines is 1. The number of rotatable bonds is 4. The molecule has 5 heteroatoms. The van der Waals surface area contributed by atoms with E-state index in [1.54, 1.807) is 18.2 Å². The maximum Gasteiger partial charge on any atom is 0.177 e. The summed E-state index contributed by atoms with van der Waals surface area (Å²) in [7, 11) is -3.17. The highest BCUT2D eigenvalue weighted by Gasteiger charge is 2.17. The molecule has 1 aliphatic heterocycles. The molecule has 1 saturated heterocycles. The fraction of sp³-hybridized carbons (Fsp3) is 0.500. The molecule has 0 saturated carbocycles. The van der Waals surface area contributed by atoms with E-state index in [9.17, 15) is 8.42 Å². The topological polar surface area (TPSA) is 55.4 Å². The Morgan fingerprint density at radius 3 is 2.82 bits per heavy atom. The minimum Gasteiger partial charge on any atom is -0.384 e. The quantitative estimate of drug-likeness (QED) is 0.886. The fourth-order valence-corrected chi connectivity index (χ4v) is 2.80. The molecule has 0 aromatic heterocycles. The lowest BCUT2D eigenvalue weighted by molar-refractivity contribution is 0.187. The first-order valence-electron chi connectivity index (χ1n) is 5.68. The standard InChI is InChI=1S/C12H17NO3S/c1-17(14,15)12-5-3-2-4-11(12)13-8-10-6-7-16-9-10/h2-5,10,13H,6-9H2,1H3. The van der Waals surface area contributed by atoms with Crippen molar-refractivity contribution < 1.29 is 13.2 Å². The van der Waals surface area contributed by atoms with E-state index in [0.717, 1.165) is 26.2 Å². The Hall–Kier alpha value is -1.07. The van der Waals surface area contributed by atoms with Gasteiger partial charge in [0.2, 0.25) is 0 Å². The van der Waals surface area contributed by atoms with Crippen molar-refractivity contribution in [3.63, 3.8) is 0 Å². The van der Waals surface area contributed by atoms with E-state index in [4.69, 9.17) is 4.74 Å².